The molecule has 0 aliphatic carbocycles. The standard InChI is InChI=1S/C27H34N6O3S/c1-19-29-23(31-25-28-18-22(37-25)11-10-20-8-6-9-21(16-20)35-5)17-24(30-19)32-12-7-13-33(15-14-32)26(34)36-27(2,3)4/h6,8-11,16-18H,7,12-15H2,1-5H3,(H,28,29,30,31)/b11-10+. The molecule has 0 radical (unpaired) electrons. The number of carbonyl (C=O) groups excluding carboxylic acids is 1. The van der Waals surface area contributed by atoms with E-state index in [2.05, 4.69) is 25.2 Å². The van der Waals surface area contributed by atoms with E-state index < -0.39 is 5.60 Å². The Bertz CT molecular complexity index is 1250. The van der Waals surface area contributed by atoms with Crippen LogP contribution in [0.15, 0.2) is 36.5 Å². The molecule has 37 heavy (non-hydrogen) atoms. The van der Waals surface area contributed by atoms with Crippen LogP contribution in [-0.2, 0) is 4.74 Å². The average molecular weight is 523 g/mol. The molecule has 3 heterocycles. The van der Waals surface area contributed by atoms with Crippen LogP contribution in [0.2, 0.25) is 0 Å². The van der Waals surface area contributed by atoms with Crippen LogP contribution in [0.1, 0.15) is 43.5 Å². The third-order valence-electron chi connectivity index (χ3n) is 5.59. The Hall–Kier alpha value is -3.66. The van der Waals surface area contributed by atoms with Gasteiger partial charge in [-0.1, -0.05) is 29.5 Å². The Kier molecular flexibility index (Phi) is 8.27. The molecule has 0 bridgehead atoms. The van der Waals surface area contributed by atoms with Gasteiger partial charge in [-0.3, -0.25) is 0 Å². The van der Waals surface area contributed by atoms with Crippen LogP contribution in [0.4, 0.5) is 21.6 Å². The maximum atomic E-state index is 12.5. The topological polar surface area (TPSA) is 92.7 Å². The highest BCUT2D eigenvalue weighted by Gasteiger charge is 2.25. The number of amides is 1. The molecule has 196 valence electrons. The number of nitrogens with zero attached hydrogens (tertiary/aromatic N) is 5. The van der Waals surface area contributed by atoms with Crippen LogP contribution in [0, 0.1) is 6.92 Å². The van der Waals surface area contributed by atoms with Gasteiger partial charge in [-0.25, -0.2) is 19.7 Å². The quantitative estimate of drug-likeness (QED) is 0.447. The maximum absolute atomic E-state index is 12.5. The number of benzene rings is 1. The van der Waals surface area contributed by atoms with Gasteiger partial charge in [0.1, 0.15) is 28.8 Å². The molecule has 2 aromatic heterocycles. The van der Waals surface area contributed by atoms with E-state index in [0.29, 0.717) is 31.3 Å². The van der Waals surface area contributed by atoms with E-state index in [1.54, 1.807) is 23.3 Å². The van der Waals surface area contributed by atoms with Gasteiger partial charge in [-0.2, -0.15) is 0 Å². The Morgan fingerprint density at radius 2 is 1.95 bits per heavy atom. The molecule has 10 heteroatoms. The van der Waals surface area contributed by atoms with E-state index in [-0.39, 0.29) is 6.09 Å². The summed E-state index contributed by atoms with van der Waals surface area (Å²) in [7, 11) is 1.66. The lowest BCUT2D eigenvalue weighted by molar-refractivity contribution is 0.0263. The van der Waals surface area contributed by atoms with Crippen molar-refractivity contribution in [3.63, 3.8) is 0 Å². The maximum Gasteiger partial charge on any atom is 0.410 e. The second-order valence-electron chi connectivity index (χ2n) is 9.77. The third-order valence-corrected chi connectivity index (χ3v) is 6.47. The van der Waals surface area contributed by atoms with Crippen LogP contribution in [-0.4, -0.2) is 64.8 Å². The van der Waals surface area contributed by atoms with Gasteiger partial charge in [0.2, 0.25) is 0 Å². The van der Waals surface area contributed by atoms with E-state index >= 15 is 0 Å². The first-order chi connectivity index (χ1) is 17.7. The molecule has 0 spiro atoms. The van der Waals surface area contributed by atoms with Gasteiger partial charge >= 0.3 is 6.09 Å². The molecule has 1 amide bonds. The Morgan fingerprint density at radius 3 is 2.73 bits per heavy atom. The van der Waals surface area contributed by atoms with Gasteiger partial charge in [-0.05, 0) is 57.9 Å². The van der Waals surface area contributed by atoms with Crippen LogP contribution in [0.3, 0.4) is 0 Å². The number of nitrogens with one attached hydrogen (secondary N) is 1. The number of thiazole rings is 1. The number of rotatable bonds is 6. The zero-order chi connectivity index (χ0) is 26.4. The lowest BCUT2D eigenvalue weighted by Crippen LogP contribution is -2.39. The molecule has 1 saturated heterocycles. The molecule has 9 nitrogen and oxygen atoms in total. The van der Waals surface area contributed by atoms with E-state index in [0.717, 1.165) is 40.1 Å². The molecule has 1 N–H and O–H groups in total. The van der Waals surface area contributed by atoms with E-state index in [1.807, 2.05) is 76.4 Å². The molecule has 4 rings (SSSR count). The van der Waals surface area contributed by atoms with E-state index in [9.17, 15) is 4.79 Å². The number of aromatic nitrogens is 3. The molecule has 0 atom stereocenters. The Morgan fingerprint density at radius 1 is 1.11 bits per heavy atom. The van der Waals surface area contributed by atoms with Gasteiger partial charge in [0.25, 0.3) is 0 Å². The van der Waals surface area contributed by atoms with Gasteiger partial charge < -0.3 is 24.6 Å². The second kappa shape index (κ2) is 11.6. The summed E-state index contributed by atoms with van der Waals surface area (Å²) < 4.78 is 10.8. The summed E-state index contributed by atoms with van der Waals surface area (Å²) in [6.45, 7) is 10.2. The first-order valence-corrected chi connectivity index (χ1v) is 13.1. The van der Waals surface area contributed by atoms with Crippen molar-refractivity contribution in [2.24, 2.45) is 0 Å². The number of hydrogen-bond acceptors (Lipinski definition) is 9. The smallest absolute Gasteiger partial charge is 0.410 e. The highest BCUT2D eigenvalue weighted by Crippen LogP contribution is 2.26. The summed E-state index contributed by atoms with van der Waals surface area (Å²) in [5.41, 5.74) is 0.551. The van der Waals surface area contributed by atoms with Crippen LogP contribution < -0.4 is 15.0 Å². The van der Waals surface area contributed by atoms with Crippen molar-refractivity contribution >= 4 is 46.3 Å². The largest absolute Gasteiger partial charge is 0.497 e. The first-order valence-electron chi connectivity index (χ1n) is 12.3. The predicted octanol–water partition coefficient (Wildman–Crippen LogP) is 5.61. The molecule has 0 unspecified atom stereocenters. The van der Waals surface area contributed by atoms with Gasteiger partial charge in [0, 0.05) is 43.3 Å². The summed E-state index contributed by atoms with van der Waals surface area (Å²) in [4.78, 5) is 31.2. The second-order valence-corrected chi connectivity index (χ2v) is 10.8. The molecule has 1 aliphatic heterocycles. The highest BCUT2D eigenvalue weighted by molar-refractivity contribution is 7.16. The van der Waals surface area contributed by atoms with Crippen molar-refractivity contribution in [2.75, 3.05) is 43.5 Å². The number of carbonyl (C=O) groups is 1. The minimum atomic E-state index is -0.506. The van der Waals surface area contributed by atoms with Crippen molar-refractivity contribution in [2.45, 2.75) is 39.7 Å². The van der Waals surface area contributed by atoms with E-state index in [4.69, 9.17) is 9.47 Å². The minimum absolute atomic E-state index is 0.268. The minimum Gasteiger partial charge on any atom is -0.497 e. The first kappa shape index (κ1) is 26.4. The summed E-state index contributed by atoms with van der Waals surface area (Å²) in [6.07, 6.45) is 6.46. The van der Waals surface area contributed by atoms with Crippen molar-refractivity contribution in [3.8, 4) is 5.75 Å². The molecule has 1 aromatic carbocycles. The molecular weight excluding hydrogens is 488 g/mol. The van der Waals surface area contributed by atoms with Crippen LogP contribution in [0.25, 0.3) is 12.2 Å². The predicted molar refractivity (Wildman–Crippen MR) is 149 cm³/mol. The molecular formula is C27H34N6O3S. The van der Waals surface area contributed by atoms with Crippen LogP contribution >= 0.6 is 11.3 Å². The Balaban J connectivity index is 1.40. The number of ether oxygens (including phenoxy) is 2. The molecule has 3 aromatic rings. The van der Waals surface area contributed by atoms with Crippen molar-refractivity contribution in [1.82, 2.24) is 19.9 Å². The van der Waals surface area contributed by atoms with Crippen molar-refractivity contribution in [1.29, 1.82) is 0 Å². The lowest BCUT2D eigenvalue weighted by Gasteiger charge is -2.26. The number of anilines is 3. The summed E-state index contributed by atoms with van der Waals surface area (Å²) >= 11 is 1.54. The van der Waals surface area contributed by atoms with Gasteiger partial charge in [0.05, 0.1) is 7.11 Å². The van der Waals surface area contributed by atoms with E-state index in [1.165, 1.54) is 0 Å². The normalized spacial score (nSPS) is 14.5. The fourth-order valence-electron chi connectivity index (χ4n) is 3.89. The fourth-order valence-corrected chi connectivity index (χ4v) is 4.61. The third kappa shape index (κ3) is 7.66. The molecule has 0 saturated carbocycles. The Labute approximate surface area is 222 Å². The number of hydrogen-bond donors (Lipinski definition) is 1. The van der Waals surface area contributed by atoms with Crippen molar-refractivity contribution < 1.29 is 14.3 Å². The fraction of sp³-hybridized carbons (Fsp3) is 0.407. The van der Waals surface area contributed by atoms with Crippen molar-refractivity contribution in [3.05, 3.63) is 52.8 Å². The highest BCUT2D eigenvalue weighted by atomic mass is 32.1. The van der Waals surface area contributed by atoms with Crippen LogP contribution in [0.5, 0.6) is 5.75 Å². The molecule has 1 fully saturated rings. The van der Waals surface area contributed by atoms with Gasteiger partial charge in [-0.15, -0.1) is 0 Å². The number of aryl methyl sites for hydroxylation is 1. The number of methoxy groups -OCH3 is 1. The molecule has 1 aliphatic rings. The summed E-state index contributed by atoms with van der Waals surface area (Å²) in [5.74, 6) is 3.01. The zero-order valence-electron chi connectivity index (χ0n) is 22.0. The SMILES string of the molecule is COc1cccc(/C=C/c2cnc(Nc3cc(N4CCCN(C(=O)OC(C)(C)C)CC4)nc(C)n3)s2)c1. The average Bonchev–Trinajstić information content (AvgIpc) is 3.13. The monoisotopic (exact) mass is 522 g/mol. The zero-order valence-corrected chi connectivity index (χ0v) is 22.8. The van der Waals surface area contributed by atoms with Gasteiger partial charge in [0.15, 0.2) is 5.13 Å². The lowest BCUT2D eigenvalue weighted by atomic mass is 10.2. The summed E-state index contributed by atoms with van der Waals surface area (Å²) in [6, 6.07) is 9.83. The summed E-state index contributed by atoms with van der Waals surface area (Å²) in [5, 5.41) is 4.07.